The minimum absolute atomic E-state index is 0.169. The molecular weight excluding hydrogens is 481 g/mol. The fourth-order valence-electron chi connectivity index (χ4n) is 3.29. The molecular formula is C25H19Cl2NO4S. The van der Waals surface area contributed by atoms with E-state index in [9.17, 15) is 9.59 Å². The van der Waals surface area contributed by atoms with Gasteiger partial charge in [0.25, 0.3) is 11.1 Å². The van der Waals surface area contributed by atoms with Gasteiger partial charge in [-0.25, -0.2) is 0 Å². The molecule has 0 radical (unpaired) electrons. The van der Waals surface area contributed by atoms with Crippen LogP contribution >= 0.6 is 35.0 Å². The zero-order valence-electron chi connectivity index (χ0n) is 17.6. The van der Waals surface area contributed by atoms with Crippen LogP contribution in [0.1, 0.15) is 16.7 Å². The monoisotopic (exact) mass is 499 g/mol. The zero-order chi connectivity index (χ0) is 23.4. The Kier molecular flexibility index (Phi) is 7.28. The Balaban J connectivity index is 1.49. The van der Waals surface area contributed by atoms with E-state index in [1.165, 1.54) is 4.90 Å². The van der Waals surface area contributed by atoms with Gasteiger partial charge in [0.1, 0.15) is 6.61 Å². The number of thioether (sulfide) groups is 1. The van der Waals surface area contributed by atoms with Crippen LogP contribution in [0.4, 0.5) is 4.79 Å². The lowest BCUT2D eigenvalue weighted by atomic mass is 10.1. The number of benzene rings is 3. The molecule has 1 aliphatic rings. The van der Waals surface area contributed by atoms with Gasteiger partial charge in [0.15, 0.2) is 11.5 Å². The highest BCUT2D eigenvalue weighted by molar-refractivity contribution is 8.18. The largest absolute Gasteiger partial charge is 0.493 e. The summed E-state index contributed by atoms with van der Waals surface area (Å²) in [6.45, 7) is 0.501. The number of imide groups is 1. The summed E-state index contributed by atoms with van der Waals surface area (Å²) < 4.78 is 11.3. The second-order valence-corrected chi connectivity index (χ2v) is 9.09. The van der Waals surface area contributed by atoms with E-state index in [0.717, 1.165) is 28.5 Å². The van der Waals surface area contributed by atoms with Crippen molar-refractivity contribution in [3.05, 3.63) is 98.4 Å². The summed E-state index contributed by atoms with van der Waals surface area (Å²) in [6.07, 6.45) is 1.67. The standard InChI is InChI=1S/C25H19Cl2NO4S/c1-31-22-12-16(8-9-21(22)32-15-18-5-3-7-20(27)11-18)13-23-24(29)28(25(30)33-23)14-17-4-2-6-19(26)10-17/h2-13H,14-15H2,1H3/b23-13-. The van der Waals surface area contributed by atoms with Gasteiger partial charge in [-0.05, 0) is 70.9 Å². The molecule has 1 fully saturated rings. The Morgan fingerprint density at radius 1 is 0.909 bits per heavy atom. The van der Waals surface area contributed by atoms with Crippen LogP contribution in [0.15, 0.2) is 71.6 Å². The fourth-order valence-corrected chi connectivity index (χ4v) is 4.55. The van der Waals surface area contributed by atoms with Crippen molar-refractivity contribution >= 4 is 52.2 Å². The number of amides is 2. The predicted octanol–water partition coefficient (Wildman–Crippen LogP) is 6.82. The van der Waals surface area contributed by atoms with Gasteiger partial charge >= 0.3 is 0 Å². The van der Waals surface area contributed by atoms with E-state index in [2.05, 4.69) is 0 Å². The first kappa shape index (κ1) is 23.2. The van der Waals surface area contributed by atoms with Crippen molar-refractivity contribution in [3.8, 4) is 11.5 Å². The Labute approximate surface area is 205 Å². The van der Waals surface area contributed by atoms with Gasteiger partial charge in [0.2, 0.25) is 0 Å². The van der Waals surface area contributed by atoms with Crippen molar-refractivity contribution in [1.82, 2.24) is 4.90 Å². The molecule has 3 aromatic rings. The first-order valence-electron chi connectivity index (χ1n) is 9.98. The SMILES string of the molecule is COc1cc(/C=C2\SC(=O)N(Cc3cccc(Cl)c3)C2=O)ccc1OCc1cccc(Cl)c1. The van der Waals surface area contributed by atoms with Gasteiger partial charge in [-0.1, -0.05) is 53.5 Å². The molecule has 1 aliphatic heterocycles. The molecule has 0 aliphatic carbocycles. The van der Waals surface area contributed by atoms with Crippen molar-refractivity contribution in [3.63, 3.8) is 0 Å². The van der Waals surface area contributed by atoms with Gasteiger partial charge in [0, 0.05) is 10.0 Å². The van der Waals surface area contributed by atoms with Crippen LogP contribution in [0.3, 0.4) is 0 Å². The molecule has 8 heteroatoms. The number of rotatable bonds is 7. The minimum Gasteiger partial charge on any atom is -0.493 e. The summed E-state index contributed by atoms with van der Waals surface area (Å²) in [5.41, 5.74) is 2.44. The van der Waals surface area contributed by atoms with E-state index >= 15 is 0 Å². The van der Waals surface area contributed by atoms with E-state index < -0.39 is 0 Å². The third-order valence-electron chi connectivity index (χ3n) is 4.87. The summed E-state index contributed by atoms with van der Waals surface area (Å²) in [5, 5.41) is 0.877. The highest BCUT2D eigenvalue weighted by Crippen LogP contribution is 2.35. The van der Waals surface area contributed by atoms with Gasteiger partial charge in [-0.2, -0.15) is 0 Å². The lowest BCUT2D eigenvalue weighted by molar-refractivity contribution is -0.123. The Hall–Kier alpha value is -2.93. The number of halogens is 2. The molecule has 1 saturated heterocycles. The zero-order valence-corrected chi connectivity index (χ0v) is 19.9. The molecule has 33 heavy (non-hydrogen) atoms. The molecule has 0 N–H and O–H groups in total. The number of carbonyl (C=O) groups excluding carboxylic acids is 2. The molecule has 168 valence electrons. The summed E-state index contributed by atoms with van der Waals surface area (Å²) >= 11 is 12.9. The molecule has 0 bridgehead atoms. The second-order valence-electron chi connectivity index (χ2n) is 7.23. The average Bonchev–Trinajstić information content (AvgIpc) is 3.05. The highest BCUT2D eigenvalue weighted by atomic mass is 35.5. The van der Waals surface area contributed by atoms with Crippen molar-refractivity contribution in [2.45, 2.75) is 13.2 Å². The molecule has 0 aromatic heterocycles. The van der Waals surface area contributed by atoms with Gasteiger partial charge in [-0.15, -0.1) is 0 Å². The van der Waals surface area contributed by atoms with Crippen LogP contribution in [-0.4, -0.2) is 23.2 Å². The van der Waals surface area contributed by atoms with E-state index in [1.807, 2.05) is 24.3 Å². The van der Waals surface area contributed by atoms with Crippen molar-refractivity contribution < 1.29 is 19.1 Å². The predicted molar refractivity (Wildman–Crippen MR) is 132 cm³/mol. The summed E-state index contributed by atoms with van der Waals surface area (Å²) in [4.78, 5) is 26.8. The summed E-state index contributed by atoms with van der Waals surface area (Å²) in [7, 11) is 1.55. The molecule has 5 nitrogen and oxygen atoms in total. The molecule has 0 unspecified atom stereocenters. The Bertz CT molecular complexity index is 1240. The van der Waals surface area contributed by atoms with Crippen molar-refractivity contribution in [2.24, 2.45) is 0 Å². The van der Waals surface area contributed by atoms with Crippen molar-refractivity contribution in [2.75, 3.05) is 7.11 Å². The molecule has 1 heterocycles. The lowest BCUT2D eigenvalue weighted by Crippen LogP contribution is -2.27. The maximum Gasteiger partial charge on any atom is 0.293 e. The first-order chi connectivity index (χ1) is 15.9. The molecule has 3 aromatic carbocycles. The number of carbonyl (C=O) groups is 2. The van der Waals surface area contributed by atoms with Gasteiger partial charge < -0.3 is 9.47 Å². The molecule has 4 rings (SSSR count). The molecule has 2 amide bonds. The summed E-state index contributed by atoms with van der Waals surface area (Å²) in [5.74, 6) is 0.734. The maximum absolute atomic E-state index is 12.8. The topological polar surface area (TPSA) is 55.8 Å². The van der Waals surface area contributed by atoms with Gasteiger partial charge in [-0.3, -0.25) is 14.5 Å². The summed E-state index contributed by atoms with van der Waals surface area (Å²) in [6, 6.07) is 19.9. The van der Waals surface area contributed by atoms with Crippen LogP contribution in [-0.2, 0) is 17.9 Å². The molecule has 0 saturated carbocycles. The number of hydrogen-bond acceptors (Lipinski definition) is 5. The average molecular weight is 500 g/mol. The van der Waals surface area contributed by atoms with E-state index in [-0.39, 0.29) is 17.7 Å². The van der Waals surface area contributed by atoms with E-state index in [4.69, 9.17) is 32.7 Å². The van der Waals surface area contributed by atoms with E-state index in [1.54, 1.807) is 55.7 Å². The van der Waals surface area contributed by atoms with Crippen LogP contribution in [0.25, 0.3) is 6.08 Å². The fraction of sp³-hybridized carbons (Fsp3) is 0.120. The minimum atomic E-state index is -0.342. The van der Waals surface area contributed by atoms with Crippen molar-refractivity contribution in [1.29, 1.82) is 0 Å². The first-order valence-corrected chi connectivity index (χ1v) is 11.6. The lowest BCUT2D eigenvalue weighted by Gasteiger charge is -2.13. The number of methoxy groups -OCH3 is 1. The quantitative estimate of drug-likeness (QED) is 0.334. The Morgan fingerprint density at radius 2 is 1.61 bits per heavy atom. The molecule has 0 spiro atoms. The number of hydrogen-bond donors (Lipinski definition) is 0. The number of ether oxygens (including phenoxy) is 2. The normalized spacial score (nSPS) is 14.8. The van der Waals surface area contributed by atoms with E-state index in [0.29, 0.717) is 33.1 Å². The van der Waals surface area contributed by atoms with Crippen LogP contribution in [0, 0.1) is 0 Å². The maximum atomic E-state index is 12.8. The third kappa shape index (κ3) is 5.71. The van der Waals surface area contributed by atoms with Crippen LogP contribution in [0.5, 0.6) is 11.5 Å². The second kappa shape index (κ2) is 10.3. The highest BCUT2D eigenvalue weighted by Gasteiger charge is 2.35. The smallest absolute Gasteiger partial charge is 0.293 e. The third-order valence-corrected chi connectivity index (χ3v) is 6.25. The van der Waals surface area contributed by atoms with Gasteiger partial charge in [0.05, 0.1) is 18.6 Å². The number of nitrogens with zero attached hydrogens (tertiary/aromatic N) is 1. The Morgan fingerprint density at radius 3 is 2.30 bits per heavy atom. The van der Waals surface area contributed by atoms with Crippen LogP contribution in [0.2, 0.25) is 10.0 Å². The molecule has 0 atom stereocenters. The van der Waals surface area contributed by atoms with Crippen LogP contribution < -0.4 is 9.47 Å².